The number of benzene rings is 2. The molecule has 0 aliphatic carbocycles. The predicted octanol–water partition coefficient (Wildman–Crippen LogP) is 4.49. The summed E-state index contributed by atoms with van der Waals surface area (Å²) in [5, 5.41) is 3.51. The van der Waals surface area contributed by atoms with Crippen LogP contribution in [0.5, 0.6) is 0 Å². The summed E-state index contributed by atoms with van der Waals surface area (Å²) in [5.74, 6) is -0.182. The van der Waals surface area contributed by atoms with E-state index >= 15 is 0 Å². The molecule has 0 aromatic heterocycles. The van der Waals surface area contributed by atoms with Crippen molar-refractivity contribution in [2.75, 3.05) is 5.32 Å². The van der Waals surface area contributed by atoms with E-state index in [0.717, 1.165) is 12.0 Å². The molecule has 2 aromatic rings. The number of aryl methyl sites for hydroxylation is 2. The highest BCUT2D eigenvalue weighted by Crippen LogP contribution is 2.18. The number of nitrogens with one attached hydrogen (secondary N) is 1. The van der Waals surface area contributed by atoms with Crippen molar-refractivity contribution < 1.29 is 4.39 Å². The topological polar surface area (TPSA) is 12.0 Å². The first-order chi connectivity index (χ1) is 9.04. The second-order valence-electron chi connectivity index (χ2n) is 5.19. The third kappa shape index (κ3) is 3.82. The van der Waals surface area contributed by atoms with Gasteiger partial charge < -0.3 is 5.32 Å². The maximum absolute atomic E-state index is 12.8. The number of hydrogen-bond acceptors (Lipinski definition) is 1. The lowest BCUT2D eigenvalue weighted by molar-refractivity contribution is 0.626. The van der Waals surface area contributed by atoms with Gasteiger partial charge in [-0.3, -0.25) is 0 Å². The largest absolute Gasteiger partial charge is 0.382 e. The lowest BCUT2D eigenvalue weighted by Crippen LogP contribution is -2.18. The molecular weight excluding hydrogens is 237 g/mol. The maximum atomic E-state index is 12.8. The van der Waals surface area contributed by atoms with Crippen LogP contribution in [0.15, 0.2) is 42.5 Å². The highest BCUT2D eigenvalue weighted by atomic mass is 19.1. The maximum Gasteiger partial charge on any atom is 0.123 e. The van der Waals surface area contributed by atoms with Gasteiger partial charge >= 0.3 is 0 Å². The van der Waals surface area contributed by atoms with Crippen LogP contribution in [-0.4, -0.2) is 6.04 Å². The SMILES string of the molecule is Cc1ccc(NC(C)Cc2ccc(F)cc2)c(C)c1. The molecule has 2 rings (SSSR count). The first kappa shape index (κ1) is 13.6. The average Bonchev–Trinajstić information content (AvgIpc) is 2.36. The van der Waals surface area contributed by atoms with Crippen molar-refractivity contribution in [1.82, 2.24) is 0 Å². The van der Waals surface area contributed by atoms with E-state index in [2.05, 4.69) is 44.3 Å². The van der Waals surface area contributed by atoms with Crippen molar-refractivity contribution in [2.24, 2.45) is 0 Å². The van der Waals surface area contributed by atoms with Gasteiger partial charge in [-0.25, -0.2) is 4.39 Å². The second-order valence-corrected chi connectivity index (χ2v) is 5.19. The monoisotopic (exact) mass is 257 g/mol. The van der Waals surface area contributed by atoms with Gasteiger partial charge in [0.2, 0.25) is 0 Å². The highest BCUT2D eigenvalue weighted by Gasteiger charge is 2.05. The van der Waals surface area contributed by atoms with E-state index in [9.17, 15) is 4.39 Å². The van der Waals surface area contributed by atoms with Crippen LogP contribution in [0, 0.1) is 19.7 Å². The molecule has 1 N–H and O–H groups in total. The van der Waals surface area contributed by atoms with Gasteiger partial charge in [0.25, 0.3) is 0 Å². The van der Waals surface area contributed by atoms with Crippen LogP contribution in [0.2, 0.25) is 0 Å². The van der Waals surface area contributed by atoms with Gasteiger partial charge in [-0.05, 0) is 56.5 Å². The smallest absolute Gasteiger partial charge is 0.123 e. The predicted molar refractivity (Wildman–Crippen MR) is 79.1 cm³/mol. The molecule has 1 nitrogen and oxygen atoms in total. The molecule has 0 amide bonds. The Hall–Kier alpha value is -1.83. The van der Waals surface area contributed by atoms with Crippen molar-refractivity contribution in [2.45, 2.75) is 33.2 Å². The molecule has 19 heavy (non-hydrogen) atoms. The Morgan fingerprint density at radius 2 is 1.74 bits per heavy atom. The fraction of sp³-hybridized carbons (Fsp3) is 0.294. The van der Waals surface area contributed by atoms with Crippen molar-refractivity contribution in [3.05, 3.63) is 65.0 Å². The number of anilines is 1. The Kier molecular flexibility index (Phi) is 4.20. The summed E-state index contributed by atoms with van der Waals surface area (Å²) in [5.41, 5.74) is 4.84. The van der Waals surface area contributed by atoms with Crippen LogP contribution in [0.25, 0.3) is 0 Å². The van der Waals surface area contributed by atoms with Crippen molar-refractivity contribution in [3.63, 3.8) is 0 Å². The van der Waals surface area contributed by atoms with E-state index in [1.165, 1.54) is 28.9 Å². The molecule has 2 aromatic carbocycles. The zero-order valence-corrected chi connectivity index (χ0v) is 11.7. The minimum atomic E-state index is -0.182. The van der Waals surface area contributed by atoms with Crippen LogP contribution >= 0.6 is 0 Å². The molecule has 0 heterocycles. The summed E-state index contributed by atoms with van der Waals surface area (Å²) in [4.78, 5) is 0. The Labute approximate surface area is 114 Å². The first-order valence-corrected chi connectivity index (χ1v) is 6.63. The molecule has 0 radical (unpaired) electrons. The first-order valence-electron chi connectivity index (χ1n) is 6.63. The van der Waals surface area contributed by atoms with Gasteiger partial charge in [0.15, 0.2) is 0 Å². The van der Waals surface area contributed by atoms with E-state index < -0.39 is 0 Å². The Morgan fingerprint density at radius 1 is 1.05 bits per heavy atom. The molecule has 2 heteroatoms. The third-order valence-electron chi connectivity index (χ3n) is 3.24. The standard InChI is InChI=1S/C17H20FN/c1-12-4-9-17(13(2)10-12)19-14(3)11-15-5-7-16(18)8-6-15/h4-10,14,19H,11H2,1-3H3. The molecular formula is C17H20FN. The van der Waals surface area contributed by atoms with E-state index in [-0.39, 0.29) is 5.82 Å². The van der Waals surface area contributed by atoms with Crippen molar-refractivity contribution in [3.8, 4) is 0 Å². The molecule has 0 fully saturated rings. The van der Waals surface area contributed by atoms with Gasteiger partial charge in [-0.15, -0.1) is 0 Å². The molecule has 1 atom stereocenters. The van der Waals surface area contributed by atoms with E-state index in [1.807, 2.05) is 12.1 Å². The summed E-state index contributed by atoms with van der Waals surface area (Å²) in [6, 6.07) is 13.4. The van der Waals surface area contributed by atoms with Gasteiger partial charge in [0, 0.05) is 11.7 Å². The number of halogens is 1. The normalized spacial score (nSPS) is 12.2. The fourth-order valence-corrected chi connectivity index (χ4v) is 2.27. The minimum Gasteiger partial charge on any atom is -0.382 e. The lowest BCUT2D eigenvalue weighted by atomic mass is 10.1. The minimum absolute atomic E-state index is 0.182. The van der Waals surface area contributed by atoms with Crippen LogP contribution in [-0.2, 0) is 6.42 Å². The lowest BCUT2D eigenvalue weighted by Gasteiger charge is -2.17. The van der Waals surface area contributed by atoms with Crippen molar-refractivity contribution >= 4 is 5.69 Å². The van der Waals surface area contributed by atoms with Crippen molar-refractivity contribution in [1.29, 1.82) is 0 Å². The second kappa shape index (κ2) is 5.87. The molecule has 0 saturated carbocycles. The van der Waals surface area contributed by atoms with Gasteiger partial charge in [0.05, 0.1) is 0 Å². The summed E-state index contributed by atoms with van der Waals surface area (Å²) in [6.45, 7) is 6.35. The van der Waals surface area contributed by atoms with Crippen LogP contribution < -0.4 is 5.32 Å². The molecule has 0 saturated heterocycles. The molecule has 0 aliphatic heterocycles. The summed E-state index contributed by atoms with van der Waals surface area (Å²) < 4.78 is 12.8. The third-order valence-corrected chi connectivity index (χ3v) is 3.24. The Bertz CT molecular complexity index is 546. The van der Waals surface area contributed by atoms with E-state index in [1.54, 1.807) is 0 Å². The molecule has 0 bridgehead atoms. The molecule has 1 unspecified atom stereocenters. The fourth-order valence-electron chi connectivity index (χ4n) is 2.27. The summed E-state index contributed by atoms with van der Waals surface area (Å²) >= 11 is 0. The van der Waals surface area contributed by atoms with Gasteiger partial charge in [-0.1, -0.05) is 29.8 Å². The Balaban J connectivity index is 2.01. The Morgan fingerprint density at radius 3 is 2.37 bits per heavy atom. The molecule has 0 aliphatic rings. The zero-order valence-electron chi connectivity index (χ0n) is 11.7. The van der Waals surface area contributed by atoms with E-state index in [0.29, 0.717) is 6.04 Å². The number of rotatable bonds is 4. The van der Waals surface area contributed by atoms with Crippen LogP contribution in [0.1, 0.15) is 23.6 Å². The summed E-state index contributed by atoms with van der Waals surface area (Å²) in [6.07, 6.45) is 0.883. The quantitative estimate of drug-likeness (QED) is 0.851. The summed E-state index contributed by atoms with van der Waals surface area (Å²) in [7, 11) is 0. The molecule has 0 spiro atoms. The van der Waals surface area contributed by atoms with Crippen LogP contribution in [0.3, 0.4) is 0 Å². The van der Waals surface area contributed by atoms with Gasteiger partial charge in [0.1, 0.15) is 5.82 Å². The van der Waals surface area contributed by atoms with Gasteiger partial charge in [-0.2, -0.15) is 0 Å². The van der Waals surface area contributed by atoms with Crippen LogP contribution in [0.4, 0.5) is 10.1 Å². The van der Waals surface area contributed by atoms with E-state index in [4.69, 9.17) is 0 Å². The highest BCUT2D eigenvalue weighted by molar-refractivity contribution is 5.52. The number of hydrogen-bond donors (Lipinski definition) is 1. The molecule has 100 valence electrons. The average molecular weight is 257 g/mol. The zero-order chi connectivity index (χ0) is 13.8.